The smallest absolute Gasteiger partial charge is 0.403 e. The maximum atomic E-state index is 12.1. The van der Waals surface area contributed by atoms with Crippen LogP contribution in [0.1, 0.15) is 0 Å². The summed E-state index contributed by atoms with van der Waals surface area (Å²) in [6, 6.07) is 4.11. The molecule has 0 unspecified atom stereocenters. The Bertz CT molecular complexity index is 602. The van der Waals surface area contributed by atoms with Crippen LogP contribution in [-0.2, 0) is 0 Å². The Hall–Kier alpha value is -1.99. The number of nitrogens with zero attached hydrogens (tertiary/aromatic N) is 4. The number of benzene rings is 1. The Kier molecular flexibility index (Phi) is 2.78. The third kappa shape index (κ3) is 2.58. The lowest BCUT2D eigenvalue weighted by Gasteiger charge is -2.08. The van der Waals surface area contributed by atoms with Crippen molar-refractivity contribution in [2.75, 3.05) is 0 Å². The molecule has 0 bridgehead atoms. The van der Waals surface area contributed by atoms with Gasteiger partial charge in [0.25, 0.3) is 0 Å². The van der Waals surface area contributed by atoms with Gasteiger partial charge in [-0.15, -0.1) is 24.5 Å². The summed E-state index contributed by atoms with van der Waals surface area (Å²) in [4.78, 5) is 6.27. The topological polar surface area (TPSA) is 70.9 Å². The van der Waals surface area contributed by atoms with E-state index in [4.69, 9.17) is 5.53 Å². The molecule has 5 nitrogen and oxygen atoms in total. The zero-order valence-corrected chi connectivity index (χ0v) is 8.79. The molecule has 9 heteroatoms. The van der Waals surface area contributed by atoms with Crippen LogP contribution >= 0.6 is 11.3 Å². The highest BCUT2D eigenvalue weighted by molar-refractivity contribution is 7.22. The summed E-state index contributed by atoms with van der Waals surface area (Å²) in [5.41, 5.74) is 8.24. The second-order valence-electron chi connectivity index (χ2n) is 2.84. The van der Waals surface area contributed by atoms with E-state index in [-0.39, 0.29) is 10.6 Å². The number of rotatable bonds is 2. The van der Waals surface area contributed by atoms with Crippen LogP contribution in [0.3, 0.4) is 0 Å². The van der Waals surface area contributed by atoms with Crippen LogP contribution in [0.2, 0.25) is 0 Å². The molecule has 0 aliphatic heterocycles. The van der Waals surface area contributed by atoms with Crippen LogP contribution in [0.25, 0.3) is 20.7 Å². The molecule has 17 heavy (non-hydrogen) atoms. The average molecular weight is 260 g/mol. The van der Waals surface area contributed by atoms with Gasteiger partial charge in [-0.05, 0) is 22.8 Å². The Morgan fingerprint density at radius 3 is 2.82 bits per heavy atom. The van der Waals surface area contributed by atoms with Gasteiger partial charge in [0.1, 0.15) is 5.52 Å². The van der Waals surface area contributed by atoms with Gasteiger partial charge >= 0.3 is 6.36 Å². The minimum atomic E-state index is -4.78. The van der Waals surface area contributed by atoms with Crippen LogP contribution in [0, 0.1) is 0 Å². The monoisotopic (exact) mass is 260 g/mol. The number of hydrogen-bond donors (Lipinski definition) is 0. The highest BCUT2D eigenvalue weighted by atomic mass is 32.1. The fourth-order valence-electron chi connectivity index (χ4n) is 1.20. The molecule has 0 fully saturated rings. The molecule has 2 rings (SSSR count). The van der Waals surface area contributed by atoms with Crippen molar-refractivity contribution < 1.29 is 17.9 Å². The highest BCUT2D eigenvalue weighted by Crippen LogP contribution is 2.35. The van der Waals surface area contributed by atoms with E-state index < -0.39 is 12.1 Å². The molecule has 88 valence electrons. The van der Waals surface area contributed by atoms with Gasteiger partial charge in [0.05, 0.1) is 4.70 Å². The molecule has 0 amide bonds. The number of ether oxygens (including phenoxy) is 1. The van der Waals surface area contributed by atoms with E-state index in [0.29, 0.717) is 4.70 Å². The second-order valence-corrected chi connectivity index (χ2v) is 3.85. The maximum absolute atomic E-state index is 12.1. The van der Waals surface area contributed by atoms with Gasteiger partial charge in [0.2, 0.25) is 0 Å². The van der Waals surface area contributed by atoms with Gasteiger partial charge in [0, 0.05) is 4.91 Å². The molecule has 1 heterocycles. The maximum Gasteiger partial charge on any atom is 0.573 e. The number of aromatic nitrogens is 1. The Morgan fingerprint density at radius 1 is 1.41 bits per heavy atom. The van der Waals surface area contributed by atoms with Crippen molar-refractivity contribution in [2.45, 2.75) is 6.36 Å². The first-order valence-corrected chi connectivity index (χ1v) is 5.01. The lowest BCUT2D eigenvalue weighted by molar-refractivity contribution is -0.274. The summed E-state index contributed by atoms with van der Waals surface area (Å²) < 4.78 is 40.6. The van der Waals surface area contributed by atoms with Crippen molar-refractivity contribution in [3.05, 3.63) is 28.6 Å². The number of alkyl halides is 3. The molecule has 0 saturated carbocycles. The second kappa shape index (κ2) is 4.11. The largest absolute Gasteiger partial charge is 0.573 e. The van der Waals surface area contributed by atoms with E-state index in [0.717, 1.165) is 17.4 Å². The molecule has 0 spiro atoms. The summed E-state index contributed by atoms with van der Waals surface area (Å²) in [7, 11) is 0. The SMILES string of the molecule is [N-]=[N+]=Nc1nc2c(OC(F)(F)F)cccc2s1. The van der Waals surface area contributed by atoms with Crippen molar-refractivity contribution in [3.63, 3.8) is 0 Å². The summed E-state index contributed by atoms with van der Waals surface area (Å²) in [5, 5.41) is 3.27. The van der Waals surface area contributed by atoms with E-state index in [1.165, 1.54) is 6.07 Å². The number of hydrogen-bond acceptors (Lipinski definition) is 4. The predicted octanol–water partition coefficient (Wildman–Crippen LogP) is 4.14. The predicted molar refractivity (Wildman–Crippen MR) is 55.1 cm³/mol. The molecule has 0 radical (unpaired) electrons. The molecule has 1 aromatic heterocycles. The first-order chi connectivity index (χ1) is 7.99. The number of para-hydroxylation sites is 1. The third-order valence-electron chi connectivity index (χ3n) is 1.73. The van der Waals surface area contributed by atoms with Crippen LogP contribution in [0.15, 0.2) is 23.3 Å². The van der Waals surface area contributed by atoms with Crippen LogP contribution in [-0.4, -0.2) is 11.3 Å². The van der Waals surface area contributed by atoms with Crippen molar-refractivity contribution in [3.8, 4) is 5.75 Å². The van der Waals surface area contributed by atoms with E-state index in [1.54, 1.807) is 6.07 Å². The number of azide groups is 1. The Labute approximate surface area is 96.1 Å². The van der Waals surface area contributed by atoms with E-state index in [2.05, 4.69) is 19.7 Å². The lowest BCUT2D eigenvalue weighted by Crippen LogP contribution is -2.17. The minimum Gasteiger partial charge on any atom is -0.403 e. The summed E-state index contributed by atoms with van der Waals surface area (Å²) in [6.07, 6.45) is -4.78. The molecular weight excluding hydrogens is 257 g/mol. The number of thiazole rings is 1. The van der Waals surface area contributed by atoms with Crippen molar-refractivity contribution in [1.29, 1.82) is 0 Å². The summed E-state index contributed by atoms with van der Waals surface area (Å²) in [6.45, 7) is 0. The highest BCUT2D eigenvalue weighted by Gasteiger charge is 2.32. The molecular formula is C8H3F3N4OS. The fourth-order valence-corrected chi connectivity index (χ4v) is 2.00. The van der Waals surface area contributed by atoms with Gasteiger partial charge in [-0.25, -0.2) is 4.98 Å². The van der Waals surface area contributed by atoms with Crippen LogP contribution in [0.4, 0.5) is 18.3 Å². The molecule has 0 N–H and O–H groups in total. The molecule has 0 saturated heterocycles. The van der Waals surface area contributed by atoms with Gasteiger partial charge in [-0.2, -0.15) is 0 Å². The van der Waals surface area contributed by atoms with E-state index in [9.17, 15) is 13.2 Å². The zero-order chi connectivity index (χ0) is 12.5. The standard InChI is InChI=1S/C8H3F3N4OS/c9-8(10,11)16-4-2-1-3-5-6(4)13-7(17-5)14-15-12/h1-3H. The first kappa shape index (κ1) is 11.5. The van der Waals surface area contributed by atoms with Gasteiger partial charge < -0.3 is 4.74 Å². The lowest BCUT2D eigenvalue weighted by atomic mass is 10.3. The van der Waals surface area contributed by atoms with Gasteiger partial charge in [-0.1, -0.05) is 6.07 Å². The average Bonchev–Trinajstić information content (AvgIpc) is 2.59. The van der Waals surface area contributed by atoms with Gasteiger partial charge in [-0.3, -0.25) is 0 Å². The molecule has 0 atom stereocenters. The number of fused-ring (bicyclic) bond motifs is 1. The fraction of sp³-hybridized carbons (Fsp3) is 0.125. The quantitative estimate of drug-likeness (QED) is 0.462. The third-order valence-corrected chi connectivity index (χ3v) is 2.63. The normalized spacial score (nSPS) is 11.2. The minimum absolute atomic E-state index is 0.0252. The summed E-state index contributed by atoms with van der Waals surface area (Å²) >= 11 is 0.983. The summed E-state index contributed by atoms with van der Waals surface area (Å²) in [5.74, 6) is -0.411. The number of halogens is 3. The van der Waals surface area contributed by atoms with E-state index >= 15 is 0 Å². The molecule has 2 aromatic rings. The van der Waals surface area contributed by atoms with Crippen molar-refractivity contribution >= 4 is 26.7 Å². The van der Waals surface area contributed by atoms with Crippen molar-refractivity contribution in [1.82, 2.24) is 4.98 Å². The van der Waals surface area contributed by atoms with E-state index in [1.807, 2.05) is 0 Å². The molecule has 1 aromatic carbocycles. The first-order valence-electron chi connectivity index (χ1n) is 4.20. The zero-order valence-electron chi connectivity index (χ0n) is 7.97. The molecule has 0 aliphatic carbocycles. The van der Waals surface area contributed by atoms with Crippen LogP contribution < -0.4 is 4.74 Å². The Morgan fingerprint density at radius 2 is 2.18 bits per heavy atom. The van der Waals surface area contributed by atoms with Crippen molar-refractivity contribution in [2.24, 2.45) is 5.11 Å². The van der Waals surface area contributed by atoms with Crippen LogP contribution in [0.5, 0.6) is 5.75 Å². The molecule has 0 aliphatic rings. The Balaban J connectivity index is 2.52. The van der Waals surface area contributed by atoms with Gasteiger partial charge in [0.15, 0.2) is 10.9 Å².